The fourth-order valence-electron chi connectivity index (χ4n) is 2.67. The smallest absolute Gasteiger partial charge is 0.233 e. The summed E-state index contributed by atoms with van der Waals surface area (Å²) in [6.45, 7) is 4.70. The molecule has 0 radical (unpaired) electrons. The Morgan fingerprint density at radius 1 is 1.21 bits per heavy atom. The van der Waals surface area contributed by atoms with Crippen molar-refractivity contribution >= 4 is 29.0 Å². The molecular formula is C21H25N3O2S2. The molecule has 0 saturated carbocycles. The summed E-state index contributed by atoms with van der Waals surface area (Å²) in [5.41, 5.74) is 1.23. The van der Waals surface area contributed by atoms with Gasteiger partial charge in [0.1, 0.15) is 0 Å². The number of aryl methyl sites for hydroxylation is 2. The van der Waals surface area contributed by atoms with Crippen molar-refractivity contribution in [2.24, 2.45) is 0 Å². The van der Waals surface area contributed by atoms with Gasteiger partial charge in [-0.2, -0.15) is 4.98 Å². The minimum atomic E-state index is -0.100. The zero-order valence-electron chi connectivity index (χ0n) is 16.2. The van der Waals surface area contributed by atoms with Gasteiger partial charge in [-0.15, -0.1) is 23.1 Å². The molecule has 2 aromatic heterocycles. The van der Waals surface area contributed by atoms with Gasteiger partial charge in [0.05, 0.1) is 10.1 Å². The van der Waals surface area contributed by atoms with Gasteiger partial charge in [-0.1, -0.05) is 35.3 Å². The molecule has 1 amide bonds. The molecule has 148 valence electrons. The lowest BCUT2D eigenvalue weighted by molar-refractivity contribution is -0.120. The Hall–Kier alpha value is -2.12. The first-order valence-electron chi connectivity index (χ1n) is 9.49. The zero-order chi connectivity index (χ0) is 19.8. The van der Waals surface area contributed by atoms with E-state index in [1.807, 2.05) is 24.4 Å². The molecule has 3 aromatic rings. The maximum atomic E-state index is 12.2. The van der Waals surface area contributed by atoms with E-state index in [0.717, 1.165) is 35.5 Å². The van der Waals surface area contributed by atoms with Crippen molar-refractivity contribution in [3.63, 3.8) is 0 Å². The number of amides is 1. The van der Waals surface area contributed by atoms with Gasteiger partial charge in [-0.25, -0.2) is 0 Å². The summed E-state index contributed by atoms with van der Waals surface area (Å²) in [6, 6.07) is 12.2. The number of rotatable bonds is 10. The van der Waals surface area contributed by atoms with Gasteiger partial charge >= 0.3 is 0 Å². The Morgan fingerprint density at radius 2 is 2.04 bits per heavy atom. The second kappa shape index (κ2) is 10.4. The molecule has 1 aromatic carbocycles. The normalized spacial score (nSPS) is 12.1. The quantitative estimate of drug-likeness (QED) is 0.368. The van der Waals surface area contributed by atoms with E-state index in [1.165, 1.54) is 5.56 Å². The Balaban J connectivity index is 1.29. The largest absolute Gasteiger partial charge is 0.355 e. The average Bonchev–Trinajstić information content (AvgIpc) is 3.37. The molecule has 1 N–H and O–H groups in total. The highest BCUT2D eigenvalue weighted by Gasteiger charge is 2.13. The second-order valence-electron chi connectivity index (χ2n) is 6.66. The third kappa shape index (κ3) is 6.21. The molecule has 7 heteroatoms. The molecule has 0 aliphatic carbocycles. The van der Waals surface area contributed by atoms with Crippen LogP contribution in [0.15, 0.2) is 51.2 Å². The van der Waals surface area contributed by atoms with E-state index < -0.39 is 0 Å². The molecule has 0 aliphatic heterocycles. The number of thiophene rings is 1. The van der Waals surface area contributed by atoms with Crippen LogP contribution < -0.4 is 5.32 Å². The van der Waals surface area contributed by atoms with Crippen molar-refractivity contribution in [3.8, 4) is 10.7 Å². The van der Waals surface area contributed by atoms with Crippen molar-refractivity contribution in [2.75, 3.05) is 6.54 Å². The SMILES string of the molecule is Cc1ccc(SC(C)C(=O)NCCCCCc2nc(-c3cccs3)no2)cc1. The Morgan fingerprint density at radius 3 is 2.79 bits per heavy atom. The average molecular weight is 416 g/mol. The van der Waals surface area contributed by atoms with Gasteiger partial charge in [0.15, 0.2) is 0 Å². The fourth-order valence-corrected chi connectivity index (χ4v) is 4.21. The van der Waals surface area contributed by atoms with Crippen molar-refractivity contribution in [1.82, 2.24) is 15.5 Å². The van der Waals surface area contributed by atoms with Crippen LogP contribution in [0.4, 0.5) is 0 Å². The van der Waals surface area contributed by atoms with E-state index in [9.17, 15) is 4.79 Å². The summed E-state index contributed by atoms with van der Waals surface area (Å²) in [5, 5.41) is 8.95. The first kappa shape index (κ1) is 20.6. The summed E-state index contributed by atoms with van der Waals surface area (Å²) in [7, 11) is 0. The Labute approximate surface area is 173 Å². The monoisotopic (exact) mass is 415 g/mol. The maximum Gasteiger partial charge on any atom is 0.233 e. The van der Waals surface area contributed by atoms with Crippen molar-refractivity contribution < 1.29 is 9.32 Å². The fraction of sp³-hybridized carbons (Fsp3) is 0.381. The zero-order valence-corrected chi connectivity index (χ0v) is 17.8. The van der Waals surface area contributed by atoms with E-state index in [0.29, 0.717) is 18.3 Å². The maximum absolute atomic E-state index is 12.2. The predicted molar refractivity (Wildman–Crippen MR) is 115 cm³/mol. The summed E-state index contributed by atoms with van der Waals surface area (Å²) in [5.74, 6) is 1.43. The highest BCUT2D eigenvalue weighted by atomic mass is 32.2. The molecule has 3 rings (SSSR count). The van der Waals surface area contributed by atoms with Gasteiger partial charge < -0.3 is 9.84 Å². The summed E-state index contributed by atoms with van der Waals surface area (Å²) >= 11 is 3.19. The standard InChI is InChI=1S/C21H25N3O2S2/c1-15-9-11-17(12-10-15)28-16(2)21(25)22-13-5-3-4-8-19-23-20(24-26-19)18-7-6-14-27-18/h6-7,9-12,14,16H,3-5,8,13H2,1-2H3,(H,22,25). The number of hydrogen-bond donors (Lipinski definition) is 1. The number of thioether (sulfide) groups is 1. The molecule has 5 nitrogen and oxygen atoms in total. The molecule has 0 bridgehead atoms. The van der Waals surface area contributed by atoms with Crippen LogP contribution in [-0.4, -0.2) is 27.8 Å². The lowest BCUT2D eigenvalue weighted by Gasteiger charge is -2.12. The van der Waals surface area contributed by atoms with Gasteiger partial charge in [0.25, 0.3) is 0 Å². The lowest BCUT2D eigenvalue weighted by Crippen LogP contribution is -2.31. The van der Waals surface area contributed by atoms with E-state index in [-0.39, 0.29) is 11.2 Å². The minimum Gasteiger partial charge on any atom is -0.355 e. The number of nitrogens with one attached hydrogen (secondary N) is 1. The van der Waals surface area contributed by atoms with Gasteiger partial charge in [0.2, 0.25) is 17.6 Å². The van der Waals surface area contributed by atoms with E-state index in [2.05, 4.69) is 46.6 Å². The van der Waals surface area contributed by atoms with Crippen molar-refractivity contribution in [1.29, 1.82) is 0 Å². The van der Waals surface area contributed by atoms with Crippen LogP contribution in [0.1, 0.15) is 37.6 Å². The number of unbranched alkanes of at least 4 members (excludes halogenated alkanes) is 2. The van der Waals surface area contributed by atoms with Crippen LogP contribution in [0.25, 0.3) is 10.7 Å². The highest BCUT2D eigenvalue weighted by molar-refractivity contribution is 8.00. The third-order valence-electron chi connectivity index (χ3n) is 4.28. The summed E-state index contributed by atoms with van der Waals surface area (Å²) in [4.78, 5) is 18.8. The van der Waals surface area contributed by atoms with Crippen LogP contribution in [0.5, 0.6) is 0 Å². The predicted octanol–water partition coefficient (Wildman–Crippen LogP) is 5.12. The molecular weight excluding hydrogens is 390 g/mol. The number of carbonyl (C=O) groups is 1. The highest BCUT2D eigenvalue weighted by Crippen LogP contribution is 2.23. The van der Waals surface area contributed by atoms with Gasteiger partial charge in [-0.3, -0.25) is 4.79 Å². The minimum absolute atomic E-state index is 0.0862. The van der Waals surface area contributed by atoms with E-state index in [4.69, 9.17) is 4.52 Å². The first-order valence-corrected chi connectivity index (χ1v) is 11.3. The van der Waals surface area contributed by atoms with Crippen LogP contribution in [0.3, 0.4) is 0 Å². The van der Waals surface area contributed by atoms with Crippen molar-refractivity contribution in [3.05, 3.63) is 53.2 Å². The first-order chi connectivity index (χ1) is 13.6. The van der Waals surface area contributed by atoms with E-state index >= 15 is 0 Å². The summed E-state index contributed by atoms with van der Waals surface area (Å²) in [6.07, 6.45) is 3.69. The molecule has 2 heterocycles. The molecule has 1 atom stereocenters. The lowest BCUT2D eigenvalue weighted by atomic mass is 10.2. The Kier molecular flexibility index (Phi) is 7.68. The van der Waals surface area contributed by atoms with Crippen LogP contribution in [0.2, 0.25) is 0 Å². The third-order valence-corrected chi connectivity index (χ3v) is 6.26. The molecule has 28 heavy (non-hydrogen) atoms. The molecule has 0 aliphatic rings. The molecule has 0 saturated heterocycles. The Bertz CT molecular complexity index is 860. The van der Waals surface area contributed by atoms with Crippen LogP contribution in [0, 0.1) is 6.92 Å². The van der Waals surface area contributed by atoms with Gasteiger partial charge in [-0.05, 0) is 50.3 Å². The van der Waals surface area contributed by atoms with Crippen LogP contribution in [-0.2, 0) is 11.2 Å². The second-order valence-corrected chi connectivity index (χ2v) is 9.03. The number of benzene rings is 1. The van der Waals surface area contributed by atoms with E-state index in [1.54, 1.807) is 23.1 Å². The number of carbonyl (C=O) groups excluding carboxylic acids is 1. The molecule has 0 fully saturated rings. The topological polar surface area (TPSA) is 68.0 Å². The number of aromatic nitrogens is 2. The molecule has 0 spiro atoms. The summed E-state index contributed by atoms with van der Waals surface area (Å²) < 4.78 is 5.30. The van der Waals surface area contributed by atoms with Gasteiger partial charge in [0, 0.05) is 17.9 Å². The van der Waals surface area contributed by atoms with Crippen LogP contribution >= 0.6 is 23.1 Å². The number of hydrogen-bond acceptors (Lipinski definition) is 6. The number of nitrogens with zero attached hydrogens (tertiary/aromatic N) is 2. The molecule has 1 unspecified atom stereocenters. The van der Waals surface area contributed by atoms with Crippen molar-refractivity contribution in [2.45, 2.75) is 49.7 Å².